The lowest BCUT2D eigenvalue weighted by atomic mass is 10.0. The molecule has 0 bridgehead atoms. The first-order chi connectivity index (χ1) is 9.85. The number of amides is 2. The Morgan fingerprint density at radius 2 is 1.76 bits per heavy atom. The second-order valence-electron chi connectivity index (χ2n) is 5.62. The number of imide groups is 1. The summed E-state index contributed by atoms with van der Waals surface area (Å²) < 4.78 is 4.42. The van der Waals surface area contributed by atoms with Crippen LogP contribution in [-0.2, 0) is 16.1 Å². The van der Waals surface area contributed by atoms with Crippen LogP contribution in [0.25, 0.3) is 0 Å². The van der Waals surface area contributed by atoms with Gasteiger partial charge >= 0.3 is 6.09 Å². The van der Waals surface area contributed by atoms with Gasteiger partial charge in [0.1, 0.15) is 6.54 Å². The Morgan fingerprint density at radius 3 is 2.24 bits per heavy atom. The summed E-state index contributed by atoms with van der Waals surface area (Å²) in [5, 5.41) is 2.20. The van der Waals surface area contributed by atoms with E-state index in [1.807, 2.05) is 7.05 Å². The largest absolute Gasteiger partial charge is 0.453 e. The zero-order valence-electron chi connectivity index (χ0n) is 13.4. The number of carbonyl (C=O) groups excluding carboxylic acids is 2. The molecule has 0 heterocycles. The van der Waals surface area contributed by atoms with E-state index in [-0.39, 0.29) is 11.9 Å². The van der Waals surface area contributed by atoms with Crippen molar-refractivity contribution in [3.05, 3.63) is 35.4 Å². The van der Waals surface area contributed by atoms with Crippen LogP contribution in [0.5, 0.6) is 0 Å². The Morgan fingerprint density at radius 1 is 1.19 bits per heavy atom. The van der Waals surface area contributed by atoms with E-state index >= 15 is 0 Å². The van der Waals surface area contributed by atoms with Crippen molar-refractivity contribution < 1.29 is 19.2 Å². The number of quaternary nitrogens is 1. The summed E-state index contributed by atoms with van der Waals surface area (Å²) in [5.41, 5.74) is 2.46. The standard InChI is InChI=1S/C16H24N2O3/c1-11(2)14-8-6-13(7-9-14)10-18(4)12(3)15(19)17-16(20)21-5/h6-9,11-12H,10H2,1-5H3,(H,17,19,20)/p+1/t12-/m0/s1. The normalized spacial score (nSPS) is 13.6. The second-order valence-corrected chi connectivity index (χ2v) is 5.62. The molecule has 0 fully saturated rings. The fourth-order valence-corrected chi connectivity index (χ4v) is 1.98. The fourth-order valence-electron chi connectivity index (χ4n) is 1.98. The number of alkyl carbamates (subject to hydrolysis) is 1. The van der Waals surface area contributed by atoms with Crippen molar-refractivity contribution in [2.45, 2.75) is 39.3 Å². The third kappa shape index (κ3) is 5.19. The maximum Gasteiger partial charge on any atom is 0.413 e. The predicted octanol–water partition coefficient (Wildman–Crippen LogP) is 1.10. The molecule has 0 spiro atoms. The SMILES string of the molecule is COC(=O)NC(=O)[C@H](C)[NH+](C)Cc1ccc(C(C)C)cc1. The summed E-state index contributed by atoms with van der Waals surface area (Å²) in [7, 11) is 3.16. The van der Waals surface area contributed by atoms with E-state index < -0.39 is 6.09 Å². The molecule has 2 atom stereocenters. The minimum absolute atomic E-state index is 0.335. The molecule has 0 saturated heterocycles. The molecule has 2 N–H and O–H groups in total. The summed E-state index contributed by atoms with van der Waals surface area (Å²) in [6, 6.07) is 8.07. The third-order valence-corrected chi connectivity index (χ3v) is 3.67. The molecule has 116 valence electrons. The summed E-state index contributed by atoms with van der Waals surface area (Å²) in [6.07, 6.45) is -0.721. The first-order valence-corrected chi connectivity index (χ1v) is 7.15. The van der Waals surface area contributed by atoms with Gasteiger partial charge in [0.25, 0.3) is 5.91 Å². The van der Waals surface area contributed by atoms with E-state index in [0.29, 0.717) is 12.5 Å². The van der Waals surface area contributed by atoms with Crippen molar-refractivity contribution in [2.75, 3.05) is 14.2 Å². The highest BCUT2D eigenvalue weighted by atomic mass is 16.5. The highest BCUT2D eigenvalue weighted by Gasteiger charge is 2.23. The van der Waals surface area contributed by atoms with Gasteiger partial charge in [0.15, 0.2) is 6.04 Å². The van der Waals surface area contributed by atoms with Crippen molar-refractivity contribution >= 4 is 12.0 Å². The number of rotatable bonds is 5. The summed E-state index contributed by atoms with van der Waals surface area (Å²) in [4.78, 5) is 23.9. The molecule has 1 rings (SSSR count). The second kappa shape index (κ2) is 7.78. The maximum absolute atomic E-state index is 11.9. The van der Waals surface area contributed by atoms with Crippen molar-refractivity contribution in [3.8, 4) is 0 Å². The van der Waals surface area contributed by atoms with Gasteiger partial charge in [0.2, 0.25) is 0 Å². The lowest BCUT2D eigenvalue weighted by molar-refractivity contribution is -0.908. The van der Waals surface area contributed by atoms with E-state index in [4.69, 9.17) is 0 Å². The van der Waals surface area contributed by atoms with Crippen molar-refractivity contribution in [1.82, 2.24) is 5.32 Å². The molecule has 0 aromatic heterocycles. The van der Waals surface area contributed by atoms with Gasteiger partial charge in [-0.25, -0.2) is 4.79 Å². The first kappa shape index (κ1) is 17.2. The number of methoxy groups -OCH3 is 1. The average molecular weight is 293 g/mol. The highest BCUT2D eigenvalue weighted by molar-refractivity contribution is 5.93. The molecule has 0 aliphatic rings. The molecule has 0 aliphatic carbocycles. The molecule has 1 aromatic rings. The summed E-state index contributed by atoms with van der Waals surface area (Å²) >= 11 is 0. The topological polar surface area (TPSA) is 59.8 Å². The molecule has 0 radical (unpaired) electrons. The first-order valence-electron chi connectivity index (χ1n) is 7.15. The van der Waals surface area contributed by atoms with Crippen molar-refractivity contribution in [3.63, 3.8) is 0 Å². The minimum atomic E-state index is -0.721. The van der Waals surface area contributed by atoms with Crippen LogP contribution in [0, 0.1) is 0 Å². The van der Waals surface area contributed by atoms with Gasteiger partial charge in [-0.3, -0.25) is 10.1 Å². The Kier molecular flexibility index (Phi) is 6.37. The van der Waals surface area contributed by atoms with Gasteiger partial charge in [-0.05, 0) is 18.4 Å². The molecule has 2 amide bonds. The van der Waals surface area contributed by atoms with Gasteiger partial charge < -0.3 is 9.64 Å². The molecule has 21 heavy (non-hydrogen) atoms. The highest BCUT2D eigenvalue weighted by Crippen LogP contribution is 2.14. The molecule has 1 aromatic carbocycles. The van der Waals surface area contributed by atoms with Crippen LogP contribution in [-0.4, -0.2) is 32.2 Å². The number of ether oxygens (including phenoxy) is 1. The molecule has 5 nitrogen and oxygen atoms in total. The van der Waals surface area contributed by atoms with E-state index in [9.17, 15) is 9.59 Å². The van der Waals surface area contributed by atoms with Crippen LogP contribution in [0.3, 0.4) is 0 Å². The van der Waals surface area contributed by atoms with Crippen LogP contribution >= 0.6 is 0 Å². The Labute approximate surface area is 126 Å². The zero-order chi connectivity index (χ0) is 16.0. The van der Waals surface area contributed by atoms with E-state index in [1.54, 1.807) is 6.92 Å². The quantitative estimate of drug-likeness (QED) is 0.854. The van der Waals surface area contributed by atoms with Crippen LogP contribution in [0.1, 0.15) is 37.8 Å². The number of benzene rings is 1. The smallest absolute Gasteiger partial charge is 0.413 e. The van der Waals surface area contributed by atoms with E-state index in [2.05, 4.69) is 48.2 Å². The fraction of sp³-hybridized carbons (Fsp3) is 0.500. The van der Waals surface area contributed by atoms with E-state index in [1.165, 1.54) is 12.7 Å². The van der Waals surface area contributed by atoms with E-state index in [0.717, 1.165) is 10.5 Å². The van der Waals surface area contributed by atoms with Crippen LogP contribution in [0.4, 0.5) is 4.79 Å². The lowest BCUT2D eigenvalue weighted by Gasteiger charge is -2.20. The zero-order valence-corrected chi connectivity index (χ0v) is 13.4. The number of carbonyl (C=O) groups is 2. The van der Waals surface area contributed by atoms with Crippen LogP contribution < -0.4 is 10.2 Å². The van der Waals surface area contributed by atoms with Gasteiger partial charge in [0.05, 0.1) is 14.2 Å². The summed E-state index contributed by atoms with van der Waals surface area (Å²) in [5.74, 6) is 0.173. The Balaban J connectivity index is 2.61. The predicted molar refractivity (Wildman–Crippen MR) is 81.1 cm³/mol. The Hall–Kier alpha value is -1.88. The van der Waals surface area contributed by atoms with Crippen molar-refractivity contribution in [1.29, 1.82) is 0 Å². The third-order valence-electron chi connectivity index (χ3n) is 3.67. The lowest BCUT2D eigenvalue weighted by Crippen LogP contribution is -3.12. The average Bonchev–Trinajstić information content (AvgIpc) is 2.46. The summed E-state index contributed by atoms with van der Waals surface area (Å²) in [6.45, 7) is 6.82. The molecule has 5 heteroatoms. The molecular weight excluding hydrogens is 268 g/mol. The Bertz CT molecular complexity index is 483. The monoisotopic (exact) mass is 293 g/mol. The number of nitrogens with one attached hydrogen (secondary N) is 2. The minimum Gasteiger partial charge on any atom is -0.453 e. The molecular formula is C16H25N2O3+. The number of hydrogen-bond acceptors (Lipinski definition) is 3. The molecule has 0 saturated carbocycles. The van der Waals surface area contributed by atoms with Gasteiger partial charge in [-0.1, -0.05) is 38.1 Å². The van der Waals surface area contributed by atoms with Gasteiger partial charge in [0, 0.05) is 5.56 Å². The maximum atomic E-state index is 11.9. The van der Waals surface area contributed by atoms with Crippen LogP contribution in [0.2, 0.25) is 0 Å². The van der Waals surface area contributed by atoms with Crippen LogP contribution in [0.15, 0.2) is 24.3 Å². The number of hydrogen-bond donors (Lipinski definition) is 2. The molecule has 1 unspecified atom stereocenters. The van der Waals surface area contributed by atoms with Crippen molar-refractivity contribution in [2.24, 2.45) is 0 Å². The molecule has 0 aliphatic heterocycles. The van der Waals surface area contributed by atoms with Gasteiger partial charge in [-0.15, -0.1) is 0 Å². The van der Waals surface area contributed by atoms with Gasteiger partial charge in [-0.2, -0.15) is 0 Å². The number of likely N-dealkylation sites (N-methyl/N-ethyl adjacent to an activating group) is 1.